The van der Waals surface area contributed by atoms with Crippen LogP contribution in [0.4, 0.5) is 13.2 Å². The van der Waals surface area contributed by atoms with E-state index in [0.717, 1.165) is 18.4 Å². The number of nitrogens with zero attached hydrogens (tertiary/aromatic N) is 1. The lowest BCUT2D eigenvalue weighted by Crippen LogP contribution is -2.17. The Morgan fingerprint density at radius 3 is 2.79 bits per heavy atom. The van der Waals surface area contributed by atoms with Crippen LogP contribution in [-0.4, -0.2) is 29.1 Å². The van der Waals surface area contributed by atoms with Crippen molar-refractivity contribution in [1.29, 1.82) is 0 Å². The number of halogens is 3. The zero-order valence-corrected chi connectivity index (χ0v) is 10.6. The maximum Gasteiger partial charge on any atom is 0.411 e. The van der Waals surface area contributed by atoms with E-state index in [2.05, 4.69) is 4.74 Å². The average Bonchev–Trinajstić information content (AvgIpc) is 3.06. The van der Waals surface area contributed by atoms with E-state index in [4.69, 9.17) is 0 Å². The zero-order valence-electron chi connectivity index (χ0n) is 10.6. The molecule has 0 amide bonds. The SMILES string of the molecule is OC(c1ccn(CCCOCC(F)(F)F)c1)C1CC1. The van der Waals surface area contributed by atoms with Crippen LogP contribution in [0.25, 0.3) is 0 Å². The molecular formula is C13H18F3NO2. The standard InChI is InChI=1S/C13H18F3NO2/c14-13(15,16)9-19-7-1-5-17-6-4-11(8-17)12(18)10-2-3-10/h4,6,8,10,12,18H,1-3,5,7,9H2. The summed E-state index contributed by atoms with van der Waals surface area (Å²) in [6.07, 6.45) is 1.69. The number of aliphatic hydroxyl groups excluding tert-OH is 1. The molecule has 1 aromatic rings. The molecule has 1 unspecified atom stereocenters. The van der Waals surface area contributed by atoms with Crippen LogP contribution in [0, 0.1) is 5.92 Å². The molecule has 6 heteroatoms. The normalized spacial score (nSPS) is 17.7. The highest BCUT2D eigenvalue weighted by Crippen LogP contribution is 2.40. The van der Waals surface area contributed by atoms with Gasteiger partial charge in [-0.2, -0.15) is 13.2 Å². The van der Waals surface area contributed by atoms with Crippen molar-refractivity contribution in [2.45, 2.75) is 38.1 Å². The van der Waals surface area contributed by atoms with Gasteiger partial charge in [0.1, 0.15) is 6.61 Å². The molecule has 0 radical (unpaired) electrons. The number of alkyl halides is 3. The third-order valence-electron chi connectivity index (χ3n) is 3.15. The molecule has 3 nitrogen and oxygen atoms in total. The van der Waals surface area contributed by atoms with Crippen molar-refractivity contribution in [2.75, 3.05) is 13.2 Å². The highest BCUT2D eigenvalue weighted by Gasteiger charge is 2.31. The highest BCUT2D eigenvalue weighted by molar-refractivity contribution is 5.16. The molecule has 1 saturated carbocycles. The predicted octanol–water partition coefficient (Wildman–Crippen LogP) is 2.90. The summed E-state index contributed by atoms with van der Waals surface area (Å²) in [4.78, 5) is 0. The third-order valence-corrected chi connectivity index (χ3v) is 3.15. The van der Waals surface area contributed by atoms with Crippen molar-refractivity contribution >= 4 is 0 Å². The van der Waals surface area contributed by atoms with E-state index in [1.54, 1.807) is 0 Å². The van der Waals surface area contributed by atoms with Crippen molar-refractivity contribution < 1.29 is 23.0 Å². The Kier molecular flexibility index (Phi) is 4.52. The number of hydrogen-bond donors (Lipinski definition) is 1. The Balaban J connectivity index is 1.66. The maximum absolute atomic E-state index is 11.8. The van der Waals surface area contributed by atoms with Crippen LogP contribution in [0.3, 0.4) is 0 Å². The fourth-order valence-electron chi connectivity index (χ4n) is 1.99. The lowest BCUT2D eigenvalue weighted by atomic mass is 10.1. The van der Waals surface area contributed by atoms with Crippen LogP contribution in [0.5, 0.6) is 0 Å². The molecule has 0 aliphatic heterocycles. The van der Waals surface area contributed by atoms with E-state index in [1.165, 1.54) is 0 Å². The second-order valence-electron chi connectivity index (χ2n) is 4.99. The van der Waals surface area contributed by atoms with Gasteiger partial charge in [0.05, 0.1) is 6.10 Å². The van der Waals surface area contributed by atoms with Gasteiger partial charge in [0.15, 0.2) is 0 Å². The van der Waals surface area contributed by atoms with E-state index in [0.29, 0.717) is 18.9 Å². The fraction of sp³-hybridized carbons (Fsp3) is 0.692. The second-order valence-corrected chi connectivity index (χ2v) is 4.99. The summed E-state index contributed by atoms with van der Waals surface area (Å²) in [5.74, 6) is 0.381. The van der Waals surface area contributed by atoms with Crippen LogP contribution in [-0.2, 0) is 11.3 Å². The maximum atomic E-state index is 11.8. The van der Waals surface area contributed by atoms with E-state index < -0.39 is 18.9 Å². The van der Waals surface area contributed by atoms with Gasteiger partial charge in [0.25, 0.3) is 0 Å². The van der Waals surface area contributed by atoms with Crippen molar-refractivity contribution in [3.05, 3.63) is 24.0 Å². The van der Waals surface area contributed by atoms with Crippen LogP contribution < -0.4 is 0 Å². The molecule has 19 heavy (non-hydrogen) atoms. The highest BCUT2D eigenvalue weighted by atomic mass is 19.4. The smallest absolute Gasteiger partial charge is 0.388 e. The molecule has 1 N–H and O–H groups in total. The number of ether oxygens (including phenoxy) is 1. The zero-order chi connectivity index (χ0) is 13.9. The molecule has 1 atom stereocenters. The summed E-state index contributed by atoms with van der Waals surface area (Å²) in [5.41, 5.74) is 0.888. The molecule has 1 heterocycles. The van der Waals surface area contributed by atoms with Gasteiger partial charge in [-0.25, -0.2) is 0 Å². The molecule has 0 aromatic carbocycles. The Morgan fingerprint density at radius 1 is 1.42 bits per heavy atom. The van der Waals surface area contributed by atoms with Gasteiger partial charge in [-0.1, -0.05) is 0 Å². The van der Waals surface area contributed by atoms with Crippen molar-refractivity contribution in [1.82, 2.24) is 4.57 Å². The predicted molar refractivity (Wildman–Crippen MR) is 63.6 cm³/mol. The summed E-state index contributed by atoms with van der Waals surface area (Å²) in [5, 5.41) is 9.91. The van der Waals surface area contributed by atoms with Crippen LogP contribution in [0.1, 0.15) is 30.9 Å². The molecule has 108 valence electrons. The van der Waals surface area contributed by atoms with Gasteiger partial charge in [-0.15, -0.1) is 0 Å². The van der Waals surface area contributed by atoms with Crippen LogP contribution >= 0.6 is 0 Å². The van der Waals surface area contributed by atoms with Gasteiger partial charge >= 0.3 is 6.18 Å². The molecule has 1 fully saturated rings. The van der Waals surface area contributed by atoms with Crippen molar-refractivity contribution in [3.8, 4) is 0 Å². The monoisotopic (exact) mass is 277 g/mol. The average molecular weight is 277 g/mol. The van der Waals surface area contributed by atoms with E-state index in [9.17, 15) is 18.3 Å². The first-order valence-corrected chi connectivity index (χ1v) is 6.44. The van der Waals surface area contributed by atoms with Crippen LogP contribution in [0.2, 0.25) is 0 Å². The summed E-state index contributed by atoms with van der Waals surface area (Å²) in [6, 6.07) is 1.86. The number of rotatable bonds is 7. The number of hydrogen-bond acceptors (Lipinski definition) is 2. The van der Waals surface area contributed by atoms with Crippen molar-refractivity contribution in [3.63, 3.8) is 0 Å². The molecule has 0 bridgehead atoms. The van der Waals surface area contributed by atoms with Gasteiger partial charge in [-0.05, 0) is 36.8 Å². The molecule has 2 rings (SSSR count). The van der Waals surface area contributed by atoms with E-state index >= 15 is 0 Å². The topological polar surface area (TPSA) is 34.4 Å². The molecule has 1 aliphatic carbocycles. The first-order chi connectivity index (χ1) is 8.96. The molecular weight excluding hydrogens is 259 g/mol. The fourth-order valence-corrected chi connectivity index (χ4v) is 1.99. The van der Waals surface area contributed by atoms with Gasteiger partial charge < -0.3 is 14.4 Å². The minimum absolute atomic E-state index is 0.0815. The minimum atomic E-state index is -4.25. The molecule has 0 spiro atoms. The number of aryl methyl sites for hydroxylation is 1. The summed E-state index contributed by atoms with van der Waals surface area (Å²) in [7, 11) is 0. The van der Waals surface area contributed by atoms with E-state index in [-0.39, 0.29) is 6.61 Å². The Bertz CT molecular complexity index is 399. The number of aromatic nitrogens is 1. The molecule has 0 saturated heterocycles. The lowest BCUT2D eigenvalue weighted by Gasteiger charge is -2.08. The van der Waals surface area contributed by atoms with Gasteiger partial charge in [0, 0.05) is 25.5 Å². The van der Waals surface area contributed by atoms with Crippen LogP contribution in [0.15, 0.2) is 18.5 Å². The van der Waals surface area contributed by atoms with Gasteiger partial charge in [-0.3, -0.25) is 0 Å². The van der Waals surface area contributed by atoms with Crippen molar-refractivity contribution in [2.24, 2.45) is 5.92 Å². The third kappa shape index (κ3) is 4.87. The first kappa shape index (κ1) is 14.4. The summed E-state index contributed by atoms with van der Waals surface area (Å²) < 4.78 is 41.9. The Labute approximate surface area is 110 Å². The lowest BCUT2D eigenvalue weighted by molar-refractivity contribution is -0.174. The minimum Gasteiger partial charge on any atom is -0.388 e. The van der Waals surface area contributed by atoms with Gasteiger partial charge in [0.2, 0.25) is 0 Å². The summed E-state index contributed by atoms with van der Waals surface area (Å²) in [6.45, 7) is -0.516. The first-order valence-electron chi connectivity index (χ1n) is 6.44. The largest absolute Gasteiger partial charge is 0.411 e. The second kappa shape index (κ2) is 5.96. The Hall–Kier alpha value is -1.01. The van der Waals surface area contributed by atoms with E-state index in [1.807, 2.05) is 23.0 Å². The number of aliphatic hydroxyl groups is 1. The molecule has 1 aromatic heterocycles. The Morgan fingerprint density at radius 2 is 2.16 bits per heavy atom. The molecule has 1 aliphatic rings. The summed E-state index contributed by atoms with van der Waals surface area (Å²) >= 11 is 0. The quantitative estimate of drug-likeness (QED) is 0.778.